The van der Waals surface area contributed by atoms with Gasteiger partial charge in [-0.3, -0.25) is 4.79 Å². The van der Waals surface area contributed by atoms with Crippen LogP contribution in [0, 0.1) is 0 Å². The Morgan fingerprint density at radius 1 is 1.00 bits per heavy atom. The van der Waals surface area contributed by atoms with Crippen LogP contribution in [0.5, 0.6) is 0 Å². The number of aromatic nitrogens is 1. The van der Waals surface area contributed by atoms with Crippen molar-refractivity contribution in [2.45, 2.75) is 37.5 Å². The summed E-state index contributed by atoms with van der Waals surface area (Å²) in [5.74, 6) is -0.123. The van der Waals surface area contributed by atoms with E-state index in [0.29, 0.717) is 17.1 Å². The molecule has 3 aromatic rings. The number of H-pyrrole nitrogens is 1. The minimum atomic E-state index is -0.123. The molecule has 2 N–H and O–H groups in total. The molecule has 0 saturated heterocycles. The molecule has 140 valence electrons. The number of fused-ring (bicyclic) bond motifs is 1. The van der Waals surface area contributed by atoms with Crippen LogP contribution >= 0.6 is 23.2 Å². The Kier molecular flexibility index (Phi) is 5.16. The van der Waals surface area contributed by atoms with E-state index in [1.807, 2.05) is 30.5 Å². The fourth-order valence-corrected chi connectivity index (χ4v) is 4.66. The Bertz CT molecular complexity index is 956. The summed E-state index contributed by atoms with van der Waals surface area (Å²) in [6, 6.07) is 13.6. The molecule has 0 unspecified atom stereocenters. The highest BCUT2D eigenvalue weighted by Gasteiger charge is 2.34. The van der Waals surface area contributed by atoms with Crippen molar-refractivity contribution in [1.29, 1.82) is 0 Å². The van der Waals surface area contributed by atoms with E-state index in [0.717, 1.165) is 28.8 Å². The minimum Gasteiger partial charge on any atom is -0.361 e. The van der Waals surface area contributed by atoms with Crippen LogP contribution in [-0.2, 0) is 5.41 Å². The van der Waals surface area contributed by atoms with E-state index in [1.54, 1.807) is 6.07 Å². The first kappa shape index (κ1) is 18.4. The van der Waals surface area contributed by atoms with Crippen molar-refractivity contribution in [1.82, 2.24) is 10.3 Å². The molecule has 0 spiro atoms. The highest BCUT2D eigenvalue weighted by molar-refractivity contribution is 6.38. The zero-order chi connectivity index (χ0) is 18.9. The van der Waals surface area contributed by atoms with Gasteiger partial charge in [0.15, 0.2) is 0 Å². The lowest BCUT2D eigenvalue weighted by atomic mass is 9.69. The number of nitrogens with one attached hydrogen (secondary N) is 2. The maximum Gasteiger partial charge on any atom is 0.252 e. The van der Waals surface area contributed by atoms with Gasteiger partial charge in [0.1, 0.15) is 0 Å². The molecule has 0 aliphatic heterocycles. The number of hydrogen-bond donors (Lipinski definition) is 2. The second-order valence-electron chi connectivity index (χ2n) is 7.40. The summed E-state index contributed by atoms with van der Waals surface area (Å²) in [7, 11) is 0. The Balaban J connectivity index is 1.57. The van der Waals surface area contributed by atoms with E-state index in [1.165, 1.54) is 24.8 Å². The van der Waals surface area contributed by atoms with Crippen LogP contribution in [0.3, 0.4) is 0 Å². The molecule has 5 heteroatoms. The SMILES string of the molecule is O=C(NCC1(c2ccc(Cl)cc2)CCCCC1)c1ccc2[nH]ccc2c1Cl. The van der Waals surface area contributed by atoms with E-state index in [2.05, 4.69) is 22.4 Å². The largest absolute Gasteiger partial charge is 0.361 e. The molecule has 1 saturated carbocycles. The first-order chi connectivity index (χ1) is 13.1. The second kappa shape index (κ2) is 7.57. The summed E-state index contributed by atoms with van der Waals surface area (Å²) >= 11 is 12.5. The third kappa shape index (κ3) is 3.59. The molecular weight excluding hydrogens is 379 g/mol. The second-order valence-corrected chi connectivity index (χ2v) is 8.21. The first-order valence-corrected chi connectivity index (χ1v) is 10.1. The van der Waals surface area contributed by atoms with Crippen molar-refractivity contribution in [3.63, 3.8) is 0 Å². The lowest BCUT2D eigenvalue weighted by molar-refractivity contribution is 0.0937. The molecule has 0 bridgehead atoms. The van der Waals surface area contributed by atoms with Gasteiger partial charge in [-0.15, -0.1) is 0 Å². The zero-order valence-corrected chi connectivity index (χ0v) is 16.5. The predicted octanol–water partition coefficient (Wildman–Crippen LogP) is 6.11. The summed E-state index contributed by atoms with van der Waals surface area (Å²) in [6.07, 6.45) is 7.57. The van der Waals surface area contributed by atoms with Crippen LogP contribution in [0.15, 0.2) is 48.7 Å². The number of benzene rings is 2. The van der Waals surface area contributed by atoms with Gasteiger partial charge < -0.3 is 10.3 Å². The van der Waals surface area contributed by atoms with E-state index in [-0.39, 0.29) is 11.3 Å². The van der Waals surface area contributed by atoms with E-state index < -0.39 is 0 Å². The Labute approximate surface area is 169 Å². The van der Waals surface area contributed by atoms with Gasteiger partial charge in [-0.2, -0.15) is 0 Å². The lowest BCUT2D eigenvalue weighted by Crippen LogP contribution is -2.42. The molecule has 1 amide bonds. The average molecular weight is 401 g/mol. The third-order valence-corrected chi connectivity index (χ3v) is 6.43. The molecule has 1 aliphatic carbocycles. The molecule has 0 radical (unpaired) electrons. The maximum absolute atomic E-state index is 12.9. The summed E-state index contributed by atoms with van der Waals surface area (Å²) in [4.78, 5) is 16.0. The van der Waals surface area contributed by atoms with Gasteiger partial charge in [0.2, 0.25) is 0 Å². The summed E-state index contributed by atoms with van der Waals surface area (Å²) in [5, 5.41) is 5.26. The van der Waals surface area contributed by atoms with Crippen LogP contribution in [0.25, 0.3) is 10.9 Å². The standard InChI is InChI=1S/C22H22Cl2N2O/c23-16-6-4-15(5-7-16)22(11-2-1-3-12-22)14-26-21(27)18-8-9-19-17(20(18)24)10-13-25-19/h4-10,13,25H,1-3,11-12,14H2,(H,26,27). The smallest absolute Gasteiger partial charge is 0.252 e. The minimum absolute atomic E-state index is 0.0385. The normalized spacial score (nSPS) is 16.4. The zero-order valence-electron chi connectivity index (χ0n) is 15.0. The van der Waals surface area contributed by atoms with Crippen LogP contribution in [0.4, 0.5) is 0 Å². The van der Waals surface area contributed by atoms with Crippen molar-refractivity contribution in [2.24, 2.45) is 0 Å². The quantitative estimate of drug-likeness (QED) is 0.545. The molecule has 1 aliphatic rings. The maximum atomic E-state index is 12.9. The first-order valence-electron chi connectivity index (χ1n) is 9.39. The van der Waals surface area contributed by atoms with Gasteiger partial charge in [0.25, 0.3) is 5.91 Å². The molecule has 1 fully saturated rings. The fraction of sp³-hybridized carbons (Fsp3) is 0.318. The van der Waals surface area contributed by atoms with Gasteiger partial charge in [0, 0.05) is 34.1 Å². The monoisotopic (exact) mass is 400 g/mol. The lowest BCUT2D eigenvalue weighted by Gasteiger charge is -2.38. The van der Waals surface area contributed by atoms with Crippen molar-refractivity contribution in [3.05, 3.63) is 69.8 Å². The van der Waals surface area contributed by atoms with Gasteiger partial charge in [-0.05, 0) is 48.7 Å². The molecule has 27 heavy (non-hydrogen) atoms. The number of aromatic amines is 1. The topological polar surface area (TPSA) is 44.9 Å². The fourth-order valence-electron chi connectivity index (χ4n) is 4.22. The van der Waals surface area contributed by atoms with E-state index >= 15 is 0 Å². The van der Waals surface area contributed by atoms with Crippen LogP contribution in [0.2, 0.25) is 10.0 Å². The van der Waals surface area contributed by atoms with E-state index in [4.69, 9.17) is 23.2 Å². The number of carbonyl (C=O) groups is 1. The Hall–Kier alpha value is -1.97. The molecule has 2 aromatic carbocycles. The van der Waals surface area contributed by atoms with Crippen molar-refractivity contribution >= 4 is 40.0 Å². The number of carbonyl (C=O) groups excluding carboxylic acids is 1. The van der Waals surface area contributed by atoms with Crippen LogP contribution in [-0.4, -0.2) is 17.4 Å². The average Bonchev–Trinajstić information content (AvgIpc) is 3.17. The number of halogens is 2. The number of amides is 1. The van der Waals surface area contributed by atoms with Crippen molar-refractivity contribution in [3.8, 4) is 0 Å². The molecular formula is C22H22Cl2N2O. The predicted molar refractivity (Wildman–Crippen MR) is 112 cm³/mol. The molecule has 1 aromatic heterocycles. The van der Waals surface area contributed by atoms with Crippen LogP contribution < -0.4 is 5.32 Å². The molecule has 1 heterocycles. The summed E-state index contributed by atoms with van der Waals surface area (Å²) < 4.78 is 0. The molecule has 0 atom stereocenters. The highest BCUT2D eigenvalue weighted by atomic mass is 35.5. The van der Waals surface area contributed by atoms with Crippen molar-refractivity contribution < 1.29 is 4.79 Å². The summed E-state index contributed by atoms with van der Waals surface area (Å²) in [5.41, 5.74) is 2.66. The van der Waals surface area contributed by atoms with Crippen LogP contribution in [0.1, 0.15) is 48.0 Å². The highest BCUT2D eigenvalue weighted by Crippen LogP contribution is 2.39. The Morgan fingerprint density at radius 3 is 2.48 bits per heavy atom. The molecule has 3 nitrogen and oxygen atoms in total. The number of rotatable bonds is 4. The molecule has 4 rings (SSSR count). The van der Waals surface area contributed by atoms with Gasteiger partial charge >= 0.3 is 0 Å². The third-order valence-electron chi connectivity index (χ3n) is 5.77. The van der Waals surface area contributed by atoms with E-state index in [9.17, 15) is 4.79 Å². The summed E-state index contributed by atoms with van der Waals surface area (Å²) in [6.45, 7) is 0.606. The van der Waals surface area contributed by atoms with Gasteiger partial charge in [-0.1, -0.05) is 54.6 Å². The number of hydrogen-bond acceptors (Lipinski definition) is 1. The van der Waals surface area contributed by atoms with Gasteiger partial charge in [-0.25, -0.2) is 0 Å². The van der Waals surface area contributed by atoms with Gasteiger partial charge in [0.05, 0.1) is 10.6 Å². The van der Waals surface area contributed by atoms with Crippen molar-refractivity contribution in [2.75, 3.05) is 6.54 Å². The Morgan fingerprint density at radius 2 is 1.74 bits per heavy atom.